The van der Waals surface area contributed by atoms with Crippen molar-refractivity contribution in [3.05, 3.63) is 18.2 Å². The van der Waals surface area contributed by atoms with Crippen LogP contribution in [0.3, 0.4) is 0 Å². The van der Waals surface area contributed by atoms with Gasteiger partial charge < -0.3 is 9.30 Å². The zero-order chi connectivity index (χ0) is 13.0. The topological polar surface area (TPSA) is 68.3 Å². The molecular formula is C12H23N5O. The molecule has 0 amide bonds. The summed E-state index contributed by atoms with van der Waals surface area (Å²) in [7, 11) is 0. The molecular weight excluding hydrogens is 230 g/mol. The number of rotatable bonds is 5. The van der Waals surface area contributed by atoms with Crippen LogP contribution >= 0.6 is 0 Å². The van der Waals surface area contributed by atoms with Gasteiger partial charge >= 0.3 is 0 Å². The van der Waals surface area contributed by atoms with Gasteiger partial charge in [0.25, 0.3) is 0 Å². The monoisotopic (exact) mass is 253 g/mol. The predicted molar refractivity (Wildman–Crippen MR) is 69.8 cm³/mol. The van der Waals surface area contributed by atoms with Crippen molar-refractivity contribution in [3.63, 3.8) is 0 Å². The van der Waals surface area contributed by atoms with E-state index in [2.05, 4.69) is 33.7 Å². The summed E-state index contributed by atoms with van der Waals surface area (Å²) < 4.78 is 7.94. The Labute approximate surface area is 108 Å². The summed E-state index contributed by atoms with van der Waals surface area (Å²) in [5.74, 6) is 6.65. The minimum Gasteiger partial charge on any atom is -0.373 e. The fraction of sp³-hybridized carbons (Fsp3) is 0.750. The normalized spacial score (nSPS) is 23.2. The molecule has 0 radical (unpaired) electrons. The van der Waals surface area contributed by atoms with E-state index >= 15 is 0 Å². The lowest BCUT2D eigenvalue weighted by Crippen LogP contribution is -2.50. The largest absolute Gasteiger partial charge is 0.373 e. The lowest BCUT2D eigenvalue weighted by atomic mass is 10.1. The number of likely N-dealkylation sites (N-methyl/N-ethyl adjacent to an activating group) is 1. The van der Waals surface area contributed by atoms with Gasteiger partial charge in [-0.2, -0.15) is 0 Å². The minimum absolute atomic E-state index is 0.0522. The molecule has 2 atom stereocenters. The Morgan fingerprint density at radius 2 is 2.39 bits per heavy atom. The van der Waals surface area contributed by atoms with Gasteiger partial charge in [-0.15, -0.1) is 0 Å². The number of hydrogen-bond acceptors (Lipinski definition) is 5. The van der Waals surface area contributed by atoms with Crippen LogP contribution in [-0.2, 0) is 11.3 Å². The van der Waals surface area contributed by atoms with Crippen molar-refractivity contribution in [2.75, 3.05) is 26.2 Å². The van der Waals surface area contributed by atoms with Crippen molar-refractivity contribution >= 4 is 0 Å². The first-order valence-electron chi connectivity index (χ1n) is 6.61. The number of imidazole rings is 1. The lowest BCUT2D eigenvalue weighted by Gasteiger charge is -2.36. The van der Waals surface area contributed by atoms with Gasteiger partial charge in [0.2, 0.25) is 0 Å². The second-order valence-electron chi connectivity index (χ2n) is 4.52. The number of morpholine rings is 1. The van der Waals surface area contributed by atoms with E-state index in [4.69, 9.17) is 10.6 Å². The first-order chi connectivity index (χ1) is 8.80. The van der Waals surface area contributed by atoms with Crippen LogP contribution in [0.15, 0.2) is 12.4 Å². The van der Waals surface area contributed by atoms with Gasteiger partial charge in [0.1, 0.15) is 11.9 Å². The van der Waals surface area contributed by atoms with Crippen molar-refractivity contribution in [2.24, 2.45) is 5.84 Å². The second kappa shape index (κ2) is 6.29. The van der Waals surface area contributed by atoms with Gasteiger partial charge in [-0.25, -0.2) is 10.4 Å². The number of nitrogens with zero attached hydrogens (tertiary/aromatic N) is 3. The maximum Gasteiger partial charge on any atom is 0.129 e. The molecule has 3 N–H and O–H groups in total. The summed E-state index contributed by atoms with van der Waals surface area (Å²) in [6.45, 7) is 8.83. The van der Waals surface area contributed by atoms with Crippen LogP contribution in [0.5, 0.6) is 0 Å². The van der Waals surface area contributed by atoms with E-state index in [1.54, 1.807) is 0 Å². The molecule has 1 aromatic rings. The number of hydrazine groups is 1. The molecule has 6 nitrogen and oxygen atoms in total. The van der Waals surface area contributed by atoms with Crippen molar-refractivity contribution < 1.29 is 4.74 Å². The van der Waals surface area contributed by atoms with E-state index in [1.807, 2.05) is 12.4 Å². The number of aromatic nitrogens is 2. The highest BCUT2D eigenvalue weighted by Crippen LogP contribution is 2.20. The minimum atomic E-state index is -0.0608. The fourth-order valence-corrected chi connectivity index (χ4v) is 2.44. The van der Waals surface area contributed by atoms with E-state index in [0.717, 1.165) is 38.6 Å². The quantitative estimate of drug-likeness (QED) is 0.576. The molecule has 0 aromatic carbocycles. The van der Waals surface area contributed by atoms with Crippen LogP contribution in [-0.4, -0.2) is 46.8 Å². The molecule has 0 saturated carbocycles. The van der Waals surface area contributed by atoms with Gasteiger partial charge in [-0.1, -0.05) is 6.92 Å². The maximum atomic E-state index is 5.85. The van der Waals surface area contributed by atoms with E-state index < -0.39 is 0 Å². The Morgan fingerprint density at radius 1 is 1.56 bits per heavy atom. The zero-order valence-electron chi connectivity index (χ0n) is 11.2. The Hall–Kier alpha value is -0.950. The van der Waals surface area contributed by atoms with Crippen molar-refractivity contribution in [2.45, 2.75) is 32.5 Å². The third kappa shape index (κ3) is 2.72. The first-order valence-corrected chi connectivity index (χ1v) is 6.61. The van der Waals surface area contributed by atoms with Crippen LogP contribution in [0.2, 0.25) is 0 Å². The number of ether oxygens (including phenoxy) is 1. The smallest absolute Gasteiger partial charge is 0.129 e. The van der Waals surface area contributed by atoms with Crippen LogP contribution < -0.4 is 11.3 Å². The number of nitrogens with two attached hydrogens (primary N) is 1. The summed E-state index contributed by atoms with van der Waals surface area (Å²) in [5.41, 5.74) is 2.86. The molecule has 1 fully saturated rings. The average Bonchev–Trinajstić information content (AvgIpc) is 2.88. The fourth-order valence-electron chi connectivity index (χ4n) is 2.44. The zero-order valence-corrected chi connectivity index (χ0v) is 11.2. The van der Waals surface area contributed by atoms with E-state index in [1.165, 1.54) is 0 Å². The third-order valence-electron chi connectivity index (χ3n) is 3.54. The van der Waals surface area contributed by atoms with Gasteiger partial charge in [0.05, 0.1) is 12.7 Å². The number of nitrogens with one attached hydrogen (secondary N) is 1. The Bertz CT molecular complexity index is 367. The summed E-state index contributed by atoms with van der Waals surface area (Å²) in [6, 6.07) is -0.0608. The molecule has 18 heavy (non-hydrogen) atoms. The molecule has 2 heterocycles. The molecule has 1 aliphatic heterocycles. The highest BCUT2D eigenvalue weighted by molar-refractivity contribution is 5.03. The number of aryl methyl sites for hydroxylation is 1. The molecule has 1 aliphatic rings. The van der Waals surface area contributed by atoms with E-state index in [9.17, 15) is 0 Å². The van der Waals surface area contributed by atoms with E-state index in [-0.39, 0.29) is 12.1 Å². The Morgan fingerprint density at radius 3 is 3.06 bits per heavy atom. The second-order valence-corrected chi connectivity index (χ2v) is 4.52. The van der Waals surface area contributed by atoms with Gasteiger partial charge in [-0.3, -0.25) is 10.7 Å². The third-order valence-corrected chi connectivity index (χ3v) is 3.54. The van der Waals surface area contributed by atoms with Crippen molar-refractivity contribution in [1.29, 1.82) is 0 Å². The molecule has 2 rings (SSSR count). The summed E-state index contributed by atoms with van der Waals surface area (Å²) in [6.07, 6.45) is 3.83. The van der Waals surface area contributed by atoms with Crippen LogP contribution in [0.25, 0.3) is 0 Å². The Kier molecular flexibility index (Phi) is 4.71. The molecule has 0 spiro atoms. The maximum absolute atomic E-state index is 5.85. The highest BCUT2D eigenvalue weighted by atomic mass is 16.5. The molecule has 102 valence electrons. The van der Waals surface area contributed by atoms with Gasteiger partial charge in [0.15, 0.2) is 0 Å². The number of hydrogen-bond donors (Lipinski definition) is 2. The Balaban J connectivity index is 2.13. The highest BCUT2D eigenvalue weighted by Gasteiger charge is 2.30. The van der Waals surface area contributed by atoms with Gasteiger partial charge in [0, 0.05) is 32.0 Å². The van der Waals surface area contributed by atoms with Crippen molar-refractivity contribution in [1.82, 2.24) is 19.9 Å². The van der Waals surface area contributed by atoms with Crippen LogP contribution in [0.1, 0.15) is 25.7 Å². The van der Waals surface area contributed by atoms with Crippen LogP contribution in [0, 0.1) is 0 Å². The molecule has 2 unspecified atom stereocenters. The predicted octanol–water partition coefficient (Wildman–Crippen LogP) is 0.128. The van der Waals surface area contributed by atoms with Crippen LogP contribution in [0.4, 0.5) is 0 Å². The summed E-state index contributed by atoms with van der Waals surface area (Å²) in [4.78, 5) is 6.78. The van der Waals surface area contributed by atoms with Crippen molar-refractivity contribution in [3.8, 4) is 0 Å². The first kappa shape index (κ1) is 13.5. The molecule has 0 aliphatic carbocycles. The molecule has 1 saturated heterocycles. The van der Waals surface area contributed by atoms with Gasteiger partial charge in [-0.05, 0) is 13.5 Å². The lowest BCUT2D eigenvalue weighted by molar-refractivity contribution is -0.0475. The van der Waals surface area contributed by atoms with E-state index in [0.29, 0.717) is 0 Å². The average molecular weight is 253 g/mol. The summed E-state index contributed by atoms with van der Waals surface area (Å²) >= 11 is 0. The molecule has 0 bridgehead atoms. The standard InChI is InChI=1S/C12H23N5O/c1-3-16-7-8-18-10(9-16)11(15-13)12-14-5-6-17(12)4-2/h5-6,10-11,15H,3-4,7-9,13H2,1-2H3. The molecule has 1 aromatic heterocycles. The molecule has 6 heteroatoms. The SMILES string of the molecule is CCN1CCOC(C(NN)c2nccn2CC)C1. The summed E-state index contributed by atoms with van der Waals surface area (Å²) in [5, 5.41) is 0.